The summed E-state index contributed by atoms with van der Waals surface area (Å²) in [4.78, 5) is 20.8. The van der Waals surface area contributed by atoms with Crippen molar-refractivity contribution in [3.63, 3.8) is 0 Å². The third-order valence-electron chi connectivity index (χ3n) is 2.07. The van der Waals surface area contributed by atoms with Crippen LogP contribution in [0, 0.1) is 5.92 Å². The molecule has 0 aromatic rings. The zero-order valence-corrected chi connectivity index (χ0v) is 7.99. The Morgan fingerprint density at radius 3 is 2.50 bits per heavy atom. The van der Waals surface area contributed by atoms with E-state index in [9.17, 15) is 14.0 Å². The highest BCUT2D eigenvalue weighted by atomic mass is 19.1. The second-order valence-corrected chi connectivity index (χ2v) is 3.25. The predicted molar refractivity (Wildman–Crippen MR) is 49.6 cm³/mol. The molecule has 0 aromatic carbocycles. The summed E-state index contributed by atoms with van der Waals surface area (Å²) in [6.45, 7) is -0.449. The number of rotatable bonds is 8. The average molecular weight is 205 g/mol. The molecule has 0 heterocycles. The van der Waals surface area contributed by atoms with Crippen LogP contribution in [-0.4, -0.2) is 30.1 Å². The Morgan fingerprint density at radius 1 is 1.43 bits per heavy atom. The Labute approximate surface area is 82.3 Å². The van der Waals surface area contributed by atoms with Crippen LogP contribution in [0.5, 0.6) is 0 Å². The van der Waals surface area contributed by atoms with Crippen molar-refractivity contribution in [2.24, 2.45) is 11.7 Å². The molecule has 0 radical (unpaired) electrons. The Kier molecular flexibility index (Phi) is 6.92. The molecule has 0 rings (SSSR count). The van der Waals surface area contributed by atoms with Crippen LogP contribution in [0.25, 0.3) is 0 Å². The molecule has 4 nitrogen and oxygen atoms in total. The van der Waals surface area contributed by atoms with Crippen molar-refractivity contribution in [3.8, 4) is 0 Å². The van der Waals surface area contributed by atoms with Gasteiger partial charge in [-0.15, -0.1) is 0 Å². The van der Waals surface area contributed by atoms with E-state index in [0.29, 0.717) is 19.3 Å². The first-order chi connectivity index (χ1) is 6.61. The van der Waals surface area contributed by atoms with Gasteiger partial charge in [0.1, 0.15) is 12.3 Å². The zero-order valence-electron chi connectivity index (χ0n) is 7.99. The van der Waals surface area contributed by atoms with Crippen molar-refractivity contribution in [2.75, 3.05) is 6.67 Å². The summed E-state index contributed by atoms with van der Waals surface area (Å²) in [6.07, 6.45) is 2.21. The molecule has 0 saturated heterocycles. The second kappa shape index (κ2) is 7.44. The van der Waals surface area contributed by atoms with Crippen LogP contribution in [0.15, 0.2) is 0 Å². The van der Waals surface area contributed by atoms with Crippen LogP contribution in [-0.2, 0) is 9.59 Å². The first-order valence-corrected chi connectivity index (χ1v) is 4.61. The number of carbonyl (C=O) groups is 2. The molecule has 0 aliphatic rings. The molecule has 0 aliphatic heterocycles. The van der Waals surface area contributed by atoms with E-state index in [2.05, 4.69) is 0 Å². The molecule has 0 aliphatic carbocycles. The van der Waals surface area contributed by atoms with Crippen LogP contribution in [0.1, 0.15) is 25.7 Å². The number of nitrogens with two attached hydrogens (primary N) is 1. The highest BCUT2D eigenvalue weighted by Crippen LogP contribution is 2.12. The van der Waals surface area contributed by atoms with E-state index in [1.54, 1.807) is 0 Å². The normalized spacial score (nSPS) is 14.7. The van der Waals surface area contributed by atoms with Crippen molar-refractivity contribution in [1.29, 1.82) is 0 Å². The maximum Gasteiger partial charge on any atom is 0.320 e. The summed E-state index contributed by atoms with van der Waals surface area (Å²) in [5.74, 6) is -1.34. The molecule has 0 fully saturated rings. The standard InChI is InChI=1S/C9H16FNO3/c10-5-1-2-7(6-12)3-4-8(11)9(13)14/h6-8H,1-5,11H2,(H,13,14). The van der Waals surface area contributed by atoms with Gasteiger partial charge >= 0.3 is 5.97 Å². The van der Waals surface area contributed by atoms with Gasteiger partial charge in [-0.05, 0) is 25.7 Å². The van der Waals surface area contributed by atoms with Crippen molar-refractivity contribution < 1.29 is 19.1 Å². The van der Waals surface area contributed by atoms with Crippen molar-refractivity contribution in [2.45, 2.75) is 31.7 Å². The monoisotopic (exact) mass is 205 g/mol. The number of aliphatic carboxylic acids is 1. The molecule has 2 unspecified atom stereocenters. The van der Waals surface area contributed by atoms with E-state index >= 15 is 0 Å². The molecule has 0 amide bonds. The van der Waals surface area contributed by atoms with Gasteiger partial charge in [0.05, 0.1) is 6.67 Å². The molecule has 3 N–H and O–H groups in total. The zero-order chi connectivity index (χ0) is 11.0. The Bertz CT molecular complexity index is 187. The number of carboxylic acids is 1. The van der Waals surface area contributed by atoms with E-state index in [4.69, 9.17) is 10.8 Å². The molecule has 0 spiro atoms. The average Bonchev–Trinajstić information content (AvgIpc) is 2.17. The number of carboxylic acid groups (broad SMARTS) is 1. The lowest BCUT2D eigenvalue weighted by Gasteiger charge is -2.10. The highest BCUT2D eigenvalue weighted by molar-refractivity contribution is 5.73. The molecular weight excluding hydrogens is 189 g/mol. The maximum absolute atomic E-state index is 11.8. The summed E-state index contributed by atoms with van der Waals surface area (Å²) in [5, 5.41) is 8.47. The van der Waals surface area contributed by atoms with E-state index in [0.717, 1.165) is 6.29 Å². The number of halogens is 1. The Balaban J connectivity index is 3.71. The fourth-order valence-corrected chi connectivity index (χ4v) is 1.14. The number of carbonyl (C=O) groups excluding carboxylic acids is 1. The molecule has 0 saturated carbocycles. The third-order valence-corrected chi connectivity index (χ3v) is 2.07. The lowest BCUT2D eigenvalue weighted by molar-refractivity contribution is -0.138. The number of hydrogen-bond acceptors (Lipinski definition) is 3. The first-order valence-electron chi connectivity index (χ1n) is 4.61. The van der Waals surface area contributed by atoms with Crippen LogP contribution < -0.4 is 5.73 Å². The molecule has 2 atom stereocenters. The van der Waals surface area contributed by atoms with Gasteiger partial charge in [-0.3, -0.25) is 9.18 Å². The van der Waals surface area contributed by atoms with E-state index in [1.165, 1.54) is 0 Å². The fourth-order valence-electron chi connectivity index (χ4n) is 1.14. The molecule has 14 heavy (non-hydrogen) atoms. The van der Waals surface area contributed by atoms with Gasteiger partial charge in [0.2, 0.25) is 0 Å². The van der Waals surface area contributed by atoms with Crippen molar-refractivity contribution in [3.05, 3.63) is 0 Å². The minimum Gasteiger partial charge on any atom is -0.480 e. The Morgan fingerprint density at radius 2 is 2.07 bits per heavy atom. The highest BCUT2D eigenvalue weighted by Gasteiger charge is 2.14. The molecular formula is C9H16FNO3. The lowest BCUT2D eigenvalue weighted by atomic mass is 9.97. The third kappa shape index (κ3) is 5.64. The van der Waals surface area contributed by atoms with Gasteiger partial charge in [0, 0.05) is 5.92 Å². The van der Waals surface area contributed by atoms with E-state index in [-0.39, 0.29) is 12.3 Å². The van der Waals surface area contributed by atoms with Crippen molar-refractivity contribution >= 4 is 12.3 Å². The molecule has 82 valence electrons. The van der Waals surface area contributed by atoms with Gasteiger partial charge < -0.3 is 15.6 Å². The number of hydrogen-bond donors (Lipinski definition) is 2. The maximum atomic E-state index is 11.8. The van der Waals surface area contributed by atoms with Gasteiger partial charge in [-0.2, -0.15) is 0 Å². The van der Waals surface area contributed by atoms with E-state index < -0.39 is 18.7 Å². The van der Waals surface area contributed by atoms with Crippen LogP contribution in [0.2, 0.25) is 0 Å². The van der Waals surface area contributed by atoms with Gasteiger partial charge in [-0.25, -0.2) is 0 Å². The predicted octanol–water partition coefficient (Wildman–Crippen LogP) is 0.743. The Hall–Kier alpha value is -0.970. The summed E-state index contributed by atoms with van der Waals surface area (Å²) in [6, 6.07) is -0.928. The quantitative estimate of drug-likeness (QED) is 0.573. The minimum absolute atomic E-state index is 0.255. The van der Waals surface area contributed by atoms with Gasteiger partial charge in [-0.1, -0.05) is 0 Å². The summed E-state index contributed by atoms with van der Waals surface area (Å²) in [7, 11) is 0. The summed E-state index contributed by atoms with van der Waals surface area (Å²) >= 11 is 0. The molecule has 5 heteroatoms. The largest absolute Gasteiger partial charge is 0.480 e. The molecule has 0 bridgehead atoms. The lowest BCUT2D eigenvalue weighted by Crippen LogP contribution is -2.30. The van der Waals surface area contributed by atoms with Crippen LogP contribution >= 0.6 is 0 Å². The smallest absolute Gasteiger partial charge is 0.320 e. The minimum atomic E-state index is -1.07. The summed E-state index contributed by atoms with van der Waals surface area (Å²) in [5.41, 5.74) is 5.26. The number of alkyl halides is 1. The molecule has 0 aromatic heterocycles. The van der Waals surface area contributed by atoms with Crippen LogP contribution in [0.4, 0.5) is 4.39 Å². The first kappa shape index (κ1) is 13.0. The van der Waals surface area contributed by atoms with Gasteiger partial charge in [0.15, 0.2) is 0 Å². The SMILES string of the molecule is NC(CCC(C=O)CCCF)C(=O)O. The second-order valence-electron chi connectivity index (χ2n) is 3.25. The van der Waals surface area contributed by atoms with Crippen molar-refractivity contribution in [1.82, 2.24) is 0 Å². The summed E-state index contributed by atoms with van der Waals surface area (Å²) < 4.78 is 11.8. The van der Waals surface area contributed by atoms with Gasteiger partial charge in [0.25, 0.3) is 0 Å². The van der Waals surface area contributed by atoms with Crippen LogP contribution in [0.3, 0.4) is 0 Å². The van der Waals surface area contributed by atoms with E-state index in [1.807, 2.05) is 0 Å². The fraction of sp³-hybridized carbons (Fsp3) is 0.778. The topological polar surface area (TPSA) is 80.4 Å². The number of aldehydes is 1.